The van der Waals surface area contributed by atoms with Gasteiger partial charge in [-0.3, -0.25) is 4.79 Å². The van der Waals surface area contributed by atoms with Crippen molar-refractivity contribution in [1.29, 1.82) is 0 Å². The summed E-state index contributed by atoms with van der Waals surface area (Å²) < 4.78 is 7.51. The maximum Gasteiger partial charge on any atom is 0.317 e. The fourth-order valence-electron chi connectivity index (χ4n) is 3.29. The molecule has 1 aromatic heterocycles. The number of anilines is 2. The molecule has 0 atom stereocenters. The second-order valence-electron chi connectivity index (χ2n) is 6.46. The molecule has 1 aliphatic rings. The van der Waals surface area contributed by atoms with Gasteiger partial charge in [-0.2, -0.15) is 0 Å². The van der Waals surface area contributed by atoms with Crippen molar-refractivity contribution in [2.45, 2.75) is 5.16 Å². The molecule has 7 heteroatoms. The van der Waals surface area contributed by atoms with E-state index in [9.17, 15) is 4.79 Å². The maximum atomic E-state index is 12.5. The maximum absolute atomic E-state index is 12.5. The summed E-state index contributed by atoms with van der Waals surface area (Å²) in [4.78, 5) is 18.2. The van der Waals surface area contributed by atoms with Crippen LogP contribution >= 0.6 is 11.8 Å². The highest BCUT2D eigenvalue weighted by molar-refractivity contribution is 7.99. The van der Waals surface area contributed by atoms with E-state index in [0.29, 0.717) is 5.75 Å². The lowest BCUT2D eigenvalue weighted by atomic mass is 10.2. The van der Waals surface area contributed by atoms with Crippen LogP contribution < -0.4 is 14.8 Å². The van der Waals surface area contributed by atoms with Crippen LogP contribution in [0.4, 0.5) is 11.4 Å². The van der Waals surface area contributed by atoms with Gasteiger partial charge in [0.2, 0.25) is 5.91 Å². The number of hydrogen-bond donors (Lipinski definition) is 2. The zero-order valence-corrected chi connectivity index (χ0v) is 16.1. The van der Waals surface area contributed by atoms with Crippen LogP contribution in [0.3, 0.4) is 0 Å². The number of hydrogen-bond acceptors (Lipinski definition) is 4. The number of aromatic amines is 1. The Kier molecular flexibility index (Phi) is 5.31. The normalized spacial score (nSPS) is 14.5. The number of thioether (sulfide) groups is 1. The highest BCUT2D eigenvalue weighted by atomic mass is 32.2. The van der Waals surface area contributed by atoms with Gasteiger partial charge < -0.3 is 15.0 Å². The molecule has 0 saturated carbocycles. The molecule has 1 aliphatic heterocycles. The summed E-state index contributed by atoms with van der Waals surface area (Å²) in [6.07, 6.45) is 0. The molecule has 4 rings (SSSR count). The first-order valence-electron chi connectivity index (χ1n) is 9.03. The number of aryl methyl sites for hydroxylation is 1. The second-order valence-corrected chi connectivity index (χ2v) is 7.42. The third-order valence-corrected chi connectivity index (χ3v) is 5.74. The summed E-state index contributed by atoms with van der Waals surface area (Å²) in [6.45, 7) is 3.11. The van der Waals surface area contributed by atoms with E-state index >= 15 is 0 Å². The van der Waals surface area contributed by atoms with Gasteiger partial charge in [-0.05, 0) is 36.0 Å². The summed E-state index contributed by atoms with van der Waals surface area (Å²) in [5.41, 5.74) is 4.10. The molecule has 140 valence electrons. The smallest absolute Gasteiger partial charge is 0.317 e. The van der Waals surface area contributed by atoms with Crippen LogP contribution in [0.1, 0.15) is 0 Å². The van der Waals surface area contributed by atoms with Crippen molar-refractivity contribution in [2.24, 2.45) is 7.05 Å². The zero-order chi connectivity index (χ0) is 18.6. The van der Waals surface area contributed by atoms with Gasteiger partial charge in [-0.15, -0.1) is 0 Å². The van der Waals surface area contributed by atoms with E-state index in [-0.39, 0.29) is 5.91 Å². The number of para-hydroxylation sites is 4. The molecule has 2 aromatic carbocycles. The number of carbonyl (C=O) groups excluding carboxylic acids is 1. The third kappa shape index (κ3) is 3.94. The highest BCUT2D eigenvalue weighted by Gasteiger charge is 2.19. The number of nitrogens with zero attached hydrogens (tertiary/aromatic N) is 2. The quantitative estimate of drug-likeness (QED) is 0.525. The van der Waals surface area contributed by atoms with Crippen LogP contribution in [0.5, 0.6) is 0 Å². The van der Waals surface area contributed by atoms with Crippen LogP contribution in [0, 0.1) is 0 Å². The van der Waals surface area contributed by atoms with Gasteiger partial charge in [0, 0.05) is 13.1 Å². The van der Waals surface area contributed by atoms with Crippen LogP contribution in [0.2, 0.25) is 0 Å². The minimum Gasteiger partial charge on any atom is -0.378 e. The monoisotopic (exact) mass is 383 g/mol. The summed E-state index contributed by atoms with van der Waals surface area (Å²) in [5, 5.41) is 4.03. The number of ether oxygens (including phenoxy) is 1. The Bertz CT molecular complexity index is 950. The molecule has 1 fully saturated rings. The lowest BCUT2D eigenvalue weighted by Crippen LogP contribution is -2.36. The number of amides is 1. The predicted molar refractivity (Wildman–Crippen MR) is 108 cm³/mol. The molecule has 1 saturated heterocycles. The minimum atomic E-state index is -0.0145. The Balaban J connectivity index is 1.43. The van der Waals surface area contributed by atoms with Crippen molar-refractivity contribution < 1.29 is 14.1 Å². The van der Waals surface area contributed by atoms with Gasteiger partial charge in [-0.25, -0.2) is 9.55 Å². The predicted octanol–water partition coefficient (Wildman–Crippen LogP) is 2.56. The van der Waals surface area contributed by atoms with Gasteiger partial charge in [0.25, 0.3) is 0 Å². The molecule has 0 aliphatic carbocycles. The third-order valence-electron chi connectivity index (χ3n) is 4.68. The van der Waals surface area contributed by atoms with Crippen LogP contribution in [-0.2, 0) is 16.6 Å². The van der Waals surface area contributed by atoms with Crippen molar-refractivity contribution in [3.63, 3.8) is 0 Å². The molecule has 27 heavy (non-hydrogen) atoms. The summed E-state index contributed by atoms with van der Waals surface area (Å²) in [7, 11) is 2.01. The number of H-pyrrole nitrogens is 1. The number of aromatic nitrogens is 2. The van der Waals surface area contributed by atoms with Gasteiger partial charge >= 0.3 is 5.16 Å². The largest absolute Gasteiger partial charge is 0.378 e. The van der Waals surface area contributed by atoms with E-state index in [1.165, 1.54) is 11.8 Å². The zero-order valence-electron chi connectivity index (χ0n) is 15.3. The van der Waals surface area contributed by atoms with Gasteiger partial charge in [0.1, 0.15) is 0 Å². The number of morpholine rings is 1. The number of rotatable bonds is 5. The summed E-state index contributed by atoms with van der Waals surface area (Å²) in [6, 6.07) is 16.1. The lowest BCUT2D eigenvalue weighted by Gasteiger charge is -2.30. The molecule has 0 bridgehead atoms. The average molecular weight is 383 g/mol. The first-order chi connectivity index (χ1) is 13.2. The van der Waals surface area contributed by atoms with E-state index in [1.807, 2.05) is 49.5 Å². The van der Waals surface area contributed by atoms with Gasteiger partial charge in [-0.1, -0.05) is 24.3 Å². The molecule has 2 heterocycles. The Morgan fingerprint density at radius 1 is 1.19 bits per heavy atom. The molecule has 0 spiro atoms. The molecular formula is C20H23N4O2S+. The van der Waals surface area contributed by atoms with Crippen LogP contribution in [-0.4, -0.2) is 42.9 Å². The number of nitrogens with one attached hydrogen (secondary N) is 2. The average Bonchev–Trinajstić information content (AvgIpc) is 3.03. The number of benzene rings is 2. The topological polar surface area (TPSA) is 61.2 Å². The van der Waals surface area contributed by atoms with E-state index in [0.717, 1.165) is 53.9 Å². The second kappa shape index (κ2) is 8.02. The van der Waals surface area contributed by atoms with Crippen molar-refractivity contribution in [3.05, 3.63) is 48.5 Å². The van der Waals surface area contributed by atoms with E-state index < -0.39 is 0 Å². The van der Waals surface area contributed by atoms with E-state index in [2.05, 4.69) is 25.8 Å². The lowest BCUT2D eigenvalue weighted by molar-refractivity contribution is -0.683. The van der Waals surface area contributed by atoms with Crippen LogP contribution in [0.15, 0.2) is 53.7 Å². The number of fused-ring (bicyclic) bond motifs is 1. The van der Waals surface area contributed by atoms with Crippen molar-refractivity contribution >= 4 is 40.1 Å². The number of carbonyl (C=O) groups is 1. The molecule has 3 aromatic rings. The van der Waals surface area contributed by atoms with Crippen molar-refractivity contribution in [1.82, 2.24) is 4.98 Å². The fraction of sp³-hybridized carbons (Fsp3) is 0.300. The highest BCUT2D eigenvalue weighted by Crippen LogP contribution is 2.27. The van der Waals surface area contributed by atoms with Crippen LogP contribution in [0.25, 0.3) is 11.0 Å². The Labute approximate surface area is 162 Å². The Hall–Kier alpha value is -2.51. The van der Waals surface area contributed by atoms with E-state index in [4.69, 9.17) is 4.74 Å². The first-order valence-corrected chi connectivity index (χ1v) is 10.0. The molecular weight excluding hydrogens is 360 g/mol. The van der Waals surface area contributed by atoms with E-state index in [1.54, 1.807) is 0 Å². The van der Waals surface area contributed by atoms with Crippen molar-refractivity contribution in [2.75, 3.05) is 42.3 Å². The molecule has 0 radical (unpaired) electrons. The molecule has 2 N–H and O–H groups in total. The standard InChI is InChI=1S/C20H22N4O2S/c1-23-17-8-4-2-6-15(17)22-20(23)27-14-19(25)21-16-7-3-5-9-18(16)24-10-12-26-13-11-24/h2-9H,10-14H2,1H3,(H,21,25)/p+1. The van der Waals surface area contributed by atoms with Gasteiger partial charge in [0.05, 0.1) is 37.4 Å². The first kappa shape index (κ1) is 17.9. The summed E-state index contributed by atoms with van der Waals surface area (Å²) in [5.74, 6) is 0.331. The molecule has 1 amide bonds. The Morgan fingerprint density at radius 3 is 2.74 bits per heavy atom. The SMILES string of the molecule is C[n+]1c(SCC(=O)Nc2ccccc2N2CCOCC2)[nH]c2ccccc21. The van der Waals surface area contributed by atoms with Gasteiger partial charge in [0.15, 0.2) is 11.0 Å². The molecule has 6 nitrogen and oxygen atoms in total. The Morgan fingerprint density at radius 2 is 1.93 bits per heavy atom. The van der Waals surface area contributed by atoms with Crippen molar-refractivity contribution in [3.8, 4) is 0 Å². The minimum absolute atomic E-state index is 0.0145. The number of imidazole rings is 1. The molecule has 0 unspecified atom stereocenters. The fourth-order valence-corrected chi connectivity index (χ4v) is 4.11. The summed E-state index contributed by atoms with van der Waals surface area (Å²) >= 11 is 1.50.